The van der Waals surface area contributed by atoms with Crippen LogP contribution in [0.25, 0.3) is 11.8 Å². The summed E-state index contributed by atoms with van der Waals surface area (Å²) in [4.78, 5) is 12.5. The molecule has 0 saturated carbocycles. The van der Waals surface area contributed by atoms with Gasteiger partial charge in [-0.05, 0) is 49.6 Å². The van der Waals surface area contributed by atoms with Gasteiger partial charge in [0.2, 0.25) is 5.13 Å². The number of para-hydroxylation sites is 1. The molecule has 0 atom stereocenters. The van der Waals surface area contributed by atoms with Gasteiger partial charge in [0.1, 0.15) is 16.6 Å². The number of nitriles is 1. The molecule has 0 aliphatic heterocycles. The molecular weight excluding hydrogens is 370 g/mol. The van der Waals surface area contributed by atoms with Crippen LogP contribution < -0.4 is 5.32 Å². The first-order chi connectivity index (χ1) is 13.5. The monoisotopic (exact) mass is 391 g/mol. The Labute approximate surface area is 168 Å². The summed E-state index contributed by atoms with van der Waals surface area (Å²) in [6.45, 7) is 6.13. The van der Waals surface area contributed by atoms with Gasteiger partial charge in [-0.2, -0.15) is 5.26 Å². The predicted octanol–water partition coefficient (Wildman–Crippen LogP) is 4.44. The Morgan fingerprint density at radius 3 is 2.68 bits per heavy atom. The smallest absolute Gasteiger partial charge is 0.268 e. The Balaban J connectivity index is 1.88. The maximum Gasteiger partial charge on any atom is 0.268 e. The van der Waals surface area contributed by atoms with E-state index in [9.17, 15) is 10.1 Å². The largest absolute Gasteiger partial charge is 0.317 e. The lowest BCUT2D eigenvalue weighted by Crippen LogP contribution is -2.13. The molecule has 3 rings (SSSR count). The quantitative estimate of drug-likeness (QED) is 0.497. The summed E-state index contributed by atoms with van der Waals surface area (Å²) in [5.41, 5.74) is 4.05. The van der Waals surface area contributed by atoms with Crippen LogP contribution in [0.5, 0.6) is 0 Å². The molecule has 28 heavy (non-hydrogen) atoms. The number of hydrogen-bond donors (Lipinski definition) is 1. The van der Waals surface area contributed by atoms with Crippen molar-refractivity contribution in [1.82, 2.24) is 14.8 Å². The predicted molar refractivity (Wildman–Crippen MR) is 111 cm³/mol. The molecule has 7 heteroatoms. The Morgan fingerprint density at radius 1 is 1.25 bits per heavy atom. The van der Waals surface area contributed by atoms with Gasteiger partial charge in [-0.1, -0.05) is 36.5 Å². The first-order valence-electron chi connectivity index (χ1n) is 9.03. The number of anilines is 1. The molecule has 6 nitrogen and oxygen atoms in total. The van der Waals surface area contributed by atoms with Gasteiger partial charge in [0.15, 0.2) is 0 Å². The van der Waals surface area contributed by atoms with E-state index in [0.29, 0.717) is 5.13 Å². The molecule has 0 aliphatic carbocycles. The van der Waals surface area contributed by atoms with Gasteiger partial charge in [-0.25, -0.2) is 0 Å². The maximum absolute atomic E-state index is 12.5. The van der Waals surface area contributed by atoms with E-state index < -0.39 is 5.91 Å². The first-order valence-corrected chi connectivity index (χ1v) is 9.84. The third-order valence-corrected chi connectivity index (χ3v) is 5.17. The van der Waals surface area contributed by atoms with E-state index in [1.807, 2.05) is 61.0 Å². The summed E-state index contributed by atoms with van der Waals surface area (Å²) in [7, 11) is 0. The first kappa shape index (κ1) is 19.5. The highest BCUT2D eigenvalue weighted by molar-refractivity contribution is 7.15. The van der Waals surface area contributed by atoms with Gasteiger partial charge in [-0.3, -0.25) is 10.1 Å². The van der Waals surface area contributed by atoms with Crippen LogP contribution in [0.4, 0.5) is 5.13 Å². The number of nitrogens with zero attached hydrogens (tertiary/aromatic N) is 4. The van der Waals surface area contributed by atoms with Crippen LogP contribution in [0, 0.1) is 25.2 Å². The third kappa shape index (κ3) is 4.18. The van der Waals surface area contributed by atoms with E-state index in [4.69, 9.17) is 0 Å². The summed E-state index contributed by atoms with van der Waals surface area (Å²) in [6.07, 6.45) is 5.30. The normalized spacial score (nSPS) is 11.3. The third-order valence-electron chi connectivity index (χ3n) is 4.27. The van der Waals surface area contributed by atoms with Crippen molar-refractivity contribution in [1.29, 1.82) is 5.26 Å². The molecule has 0 spiro atoms. The van der Waals surface area contributed by atoms with E-state index in [2.05, 4.69) is 22.4 Å². The van der Waals surface area contributed by atoms with Crippen LogP contribution in [0.3, 0.4) is 0 Å². The molecule has 3 aromatic rings. The van der Waals surface area contributed by atoms with Crippen molar-refractivity contribution < 1.29 is 4.79 Å². The van der Waals surface area contributed by atoms with Crippen LogP contribution in [0.2, 0.25) is 0 Å². The highest BCUT2D eigenvalue weighted by Crippen LogP contribution is 2.23. The summed E-state index contributed by atoms with van der Waals surface area (Å²) in [5, 5.41) is 21.5. The molecule has 0 radical (unpaired) electrons. The number of rotatable bonds is 6. The molecule has 142 valence electrons. The second-order valence-corrected chi connectivity index (χ2v) is 7.48. The highest BCUT2D eigenvalue weighted by atomic mass is 32.1. The van der Waals surface area contributed by atoms with E-state index in [-0.39, 0.29) is 5.57 Å². The summed E-state index contributed by atoms with van der Waals surface area (Å²) in [5.74, 6) is -0.490. The second-order valence-electron chi connectivity index (χ2n) is 6.42. The zero-order valence-corrected chi connectivity index (χ0v) is 16.9. The fourth-order valence-electron chi connectivity index (χ4n) is 2.98. The number of aromatic nitrogens is 3. The number of benzene rings is 1. The minimum absolute atomic E-state index is 0.0124. The Morgan fingerprint density at radius 2 is 2.00 bits per heavy atom. The lowest BCUT2D eigenvalue weighted by molar-refractivity contribution is -0.112. The van der Waals surface area contributed by atoms with Gasteiger partial charge in [0.05, 0.1) is 5.69 Å². The van der Waals surface area contributed by atoms with Gasteiger partial charge in [0.25, 0.3) is 5.91 Å². The Hall–Kier alpha value is -3.24. The van der Waals surface area contributed by atoms with Crippen molar-refractivity contribution in [2.75, 3.05) is 5.32 Å². The Bertz CT molecular complexity index is 1050. The van der Waals surface area contributed by atoms with Gasteiger partial charge < -0.3 is 4.57 Å². The zero-order valence-electron chi connectivity index (χ0n) is 16.1. The van der Waals surface area contributed by atoms with Crippen molar-refractivity contribution in [2.24, 2.45) is 0 Å². The van der Waals surface area contributed by atoms with Crippen LogP contribution in [-0.2, 0) is 11.2 Å². The molecule has 0 unspecified atom stereocenters. The lowest BCUT2D eigenvalue weighted by atomic mass is 10.1. The molecule has 0 aliphatic rings. The molecule has 0 bridgehead atoms. The van der Waals surface area contributed by atoms with E-state index in [0.717, 1.165) is 40.4 Å². The van der Waals surface area contributed by atoms with Crippen LogP contribution in [0.1, 0.15) is 35.2 Å². The molecule has 0 fully saturated rings. The van der Waals surface area contributed by atoms with Crippen LogP contribution >= 0.6 is 11.3 Å². The summed E-state index contributed by atoms with van der Waals surface area (Å²) in [6, 6.07) is 11.9. The number of carbonyl (C=O) groups excluding carboxylic acids is 1. The molecule has 0 saturated heterocycles. The van der Waals surface area contributed by atoms with Crippen LogP contribution in [-0.4, -0.2) is 20.7 Å². The number of hydrogen-bond acceptors (Lipinski definition) is 5. The fourth-order valence-corrected chi connectivity index (χ4v) is 3.82. The summed E-state index contributed by atoms with van der Waals surface area (Å²) >= 11 is 1.33. The molecule has 1 aromatic carbocycles. The van der Waals surface area contributed by atoms with E-state index in [1.165, 1.54) is 11.3 Å². The average molecular weight is 392 g/mol. The Kier molecular flexibility index (Phi) is 6.02. The molecule has 1 amide bonds. The lowest BCUT2D eigenvalue weighted by Gasteiger charge is -2.13. The zero-order chi connectivity index (χ0) is 20.1. The average Bonchev–Trinajstić information content (AvgIpc) is 3.29. The van der Waals surface area contributed by atoms with Crippen molar-refractivity contribution in [3.8, 4) is 11.8 Å². The highest BCUT2D eigenvalue weighted by Gasteiger charge is 2.14. The summed E-state index contributed by atoms with van der Waals surface area (Å²) < 4.78 is 1.99. The number of aryl methyl sites for hydroxylation is 3. The minimum Gasteiger partial charge on any atom is -0.317 e. The second kappa shape index (κ2) is 8.63. The van der Waals surface area contributed by atoms with Crippen molar-refractivity contribution in [2.45, 2.75) is 33.6 Å². The molecule has 2 aromatic heterocycles. The van der Waals surface area contributed by atoms with Crippen molar-refractivity contribution >= 4 is 28.5 Å². The number of nitrogens with one attached hydrogen (secondary N) is 1. The van der Waals surface area contributed by atoms with Gasteiger partial charge in [0, 0.05) is 18.3 Å². The van der Waals surface area contributed by atoms with Crippen molar-refractivity contribution in [3.05, 3.63) is 63.9 Å². The molecular formula is C21H21N5OS. The van der Waals surface area contributed by atoms with Gasteiger partial charge in [-0.15, -0.1) is 10.2 Å². The number of amides is 1. The SMILES string of the molecule is CCCc1nnc(NC(=O)C(C#N)=Cc2cccn2-c2c(C)cccc2C)s1. The number of carbonyl (C=O) groups is 1. The van der Waals surface area contributed by atoms with E-state index >= 15 is 0 Å². The molecule has 2 heterocycles. The minimum atomic E-state index is -0.490. The standard InChI is InChI=1S/C21H21N5OS/c1-4-7-18-24-25-21(28-18)23-20(27)16(13-22)12-17-10-6-11-26(17)19-14(2)8-5-9-15(19)3/h5-6,8-12H,4,7H2,1-3H3,(H,23,25,27). The van der Waals surface area contributed by atoms with E-state index in [1.54, 1.807) is 6.08 Å². The molecule has 1 N–H and O–H groups in total. The van der Waals surface area contributed by atoms with Gasteiger partial charge >= 0.3 is 0 Å². The van der Waals surface area contributed by atoms with Crippen molar-refractivity contribution in [3.63, 3.8) is 0 Å². The van der Waals surface area contributed by atoms with Crippen LogP contribution in [0.15, 0.2) is 42.1 Å². The maximum atomic E-state index is 12.5. The fraction of sp³-hybridized carbons (Fsp3) is 0.238. The topological polar surface area (TPSA) is 83.6 Å².